The average Bonchev–Trinajstić information content (AvgIpc) is 2.70. The Hall–Kier alpha value is -1.03. The van der Waals surface area contributed by atoms with Gasteiger partial charge in [-0.1, -0.05) is 23.2 Å². The highest BCUT2D eigenvalue weighted by atomic mass is 35.5. The number of anilines is 1. The largest absolute Gasteiger partial charge is 0.397 e. The number of nitrogen functional groups attached to an aromatic ring is 1. The van der Waals surface area contributed by atoms with Crippen molar-refractivity contribution in [2.45, 2.75) is 6.92 Å². The van der Waals surface area contributed by atoms with Crippen LogP contribution in [0.1, 0.15) is 20.8 Å². The van der Waals surface area contributed by atoms with E-state index in [1.165, 1.54) is 11.3 Å². The molecule has 0 amide bonds. The van der Waals surface area contributed by atoms with Crippen molar-refractivity contribution in [3.63, 3.8) is 0 Å². The molecule has 2 rings (SSSR count). The molecule has 2 N–H and O–H groups in total. The first-order chi connectivity index (χ1) is 8.00. The van der Waals surface area contributed by atoms with Gasteiger partial charge in [0.05, 0.1) is 20.6 Å². The minimum Gasteiger partial charge on any atom is -0.397 e. The molecule has 0 atom stereocenters. The maximum atomic E-state index is 12.2. The molecule has 0 saturated heterocycles. The number of hydrogen-bond donors (Lipinski definition) is 1. The molecule has 5 heteroatoms. The monoisotopic (exact) mass is 285 g/mol. The van der Waals surface area contributed by atoms with Gasteiger partial charge >= 0.3 is 0 Å². The number of benzene rings is 1. The predicted octanol–water partition coefficient (Wildman–Crippen LogP) is 4.18. The molecule has 0 saturated carbocycles. The fourth-order valence-corrected chi connectivity index (χ4v) is 2.70. The Morgan fingerprint density at radius 3 is 2.59 bits per heavy atom. The maximum absolute atomic E-state index is 12.2. The van der Waals surface area contributed by atoms with E-state index in [1.54, 1.807) is 12.1 Å². The van der Waals surface area contributed by atoms with Gasteiger partial charge in [-0.25, -0.2) is 0 Å². The smallest absolute Gasteiger partial charge is 0.203 e. The number of thiophene rings is 1. The molecule has 17 heavy (non-hydrogen) atoms. The van der Waals surface area contributed by atoms with Crippen LogP contribution in [0.25, 0.3) is 0 Å². The second kappa shape index (κ2) is 4.69. The fraction of sp³-hybridized carbons (Fsp3) is 0.0833. The second-order valence-electron chi connectivity index (χ2n) is 3.62. The van der Waals surface area contributed by atoms with E-state index < -0.39 is 0 Å². The van der Waals surface area contributed by atoms with Crippen molar-refractivity contribution in [2.75, 3.05) is 5.73 Å². The van der Waals surface area contributed by atoms with Gasteiger partial charge in [0.1, 0.15) is 0 Å². The summed E-state index contributed by atoms with van der Waals surface area (Å²) < 4.78 is 0. The highest BCUT2D eigenvalue weighted by molar-refractivity contribution is 7.12. The fourth-order valence-electron chi connectivity index (χ4n) is 1.48. The highest BCUT2D eigenvalue weighted by Crippen LogP contribution is 2.31. The number of hydrogen-bond acceptors (Lipinski definition) is 3. The number of ketones is 1. The molecule has 0 fully saturated rings. The van der Waals surface area contributed by atoms with Crippen LogP contribution < -0.4 is 5.73 Å². The molecule has 0 bridgehead atoms. The number of halogens is 2. The molecule has 0 aliphatic rings. The zero-order valence-electron chi connectivity index (χ0n) is 8.96. The third-order valence-corrected chi connectivity index (χ3v) is 4.22. The van der Waals surface area contributed by atoms with Crippen molar-refractivity contribution in [2.24, 2.45) is 0 Å². The van der Waals surface area contributed by atoms with Crippen LogP contribution >= 0.6 is 34.5 Å². The first kappa shape index (κ1) is 12.4. The third-order valence-electron chi connectivity index (χ3n) is 2.39. The summed E-state index contributed by atoms with van der Waals surface area (Å²) in [5, 5.41) is 2.46. The molecule has 0 spiro atoms. The van der Waals surface area contributed by atoms with Gasteiger partial charge in [-0.15, -0.1) is 11.3 Å². The Morgan fingerprint density at radius 1 is 1.35 bits per heavy atom. The molecule has 2 nitrogen and oxygen atoms in total. The molecular weight excluding hydrogens is 277 g/mol. The molecule has 0 aliphatic carbocycles. The maximum Gasteiger partial charge on any atom is 0.203 e. The van der Waals surface area contributed by atoms with Crippen LogP contribution in [0.4, 0.5) is 5.69 Å². The van der Waals surface area contributed by atoms with Crippen LogP contribution in [0, 0.1) is 6.92 Å². The zero-order valence-corrected chi connectivity index (χ0v) is 11.3. The van der Waals surface area contributed by atoms with E-state index in [0.717, 1.165) is 5.56 Å². The normalized spacial score (nSPS) is 10.5. The van der Waals surface area contributed by atoms with E-state index >= 15 is 0 Å². The lowest BCUT2D eigenvalue weighted by atomic mass is 10.1. The van der Waals surface area contributed by atoms with Crippen molar-refractivity contribution < 1.29 is 4.79 Å². The summed E-state index contributed by atoms with van der Waals surface area (Å²) in [6, 6.07) is 5.00. The van der Waals surface area contributed by atoms with Crippen molar-refractivity contribution in [3.8, 4) is 0 Å². The van der Waals surface area contributed by atoms with Gasteiger partial charge in [-0.2, -0.15) is 0 Å². The lowest BCUT2D eigenvalue weighted by Gasteiger charge is -2.05. The number of carbonyl (C=O) groups is 1. The summed E-state index contributed by atoms with van der Waals surface area (Å²) in [7, 11) is 0. The number of aryl methyl sites for hydroxylation is 1. The summed E-state index contributed by atoms with van der Waals surface area (Å²) in [5.74, 6) is -0.0808. The first-order valence-corrected chi connectivity index (χ1v) is 6.47. The van der Waals surface area contributed by atoms with E-state index in [0.29, 0.717) is 21.2 Å². The van der Waals surface area contributed by atoms with E-state index in [2.05, 4.69) is 0 Å². The molecule has 88 valence electrons. The molecule has 1 heterocycles. The van der Waals surface area contributed by atoms with Crippen LogP contribution in [-0.4, -0.2) is 5.78 Å². The van der Waals surface area contributed by atoms with E-state index in [1.807, 2.05) is 18.4 Å². The molecule has 2 aromatic rings. The summed E-state index contributed by atoms with van der Waals surface area (Å²) in [6.45, 7) is 1.89. The molecular formula is C12H9Cl2NOS. The standard InChI is InChI=1S/C12H9Cl2NOS/c1-6-2-3-17-12(6)11(16)7-4-8(13)10(14)9(15)5-7/h2-5H,15H2,1H3. The van der Waals surface area contributed by atoms with Crippen LogP contribution in [-0.2, 0) is 0 Å². The summed E-state index contributed by atoms with van der Waals surface area (Å²) in [6.07, 6.45) is 0. The topological polar surface area (TPSA) is 43.1 Å². The lowest BCUT2D eigenvalue weighted by Crippen LogP contribution is -2.02. The quantitative estimate of drug-likeness (QED) is 0.665. The van der Waals surface area contributed by atoms with Gasteiger partial charge in [0.15, 0.2) is 0 Å². The highest BCUT2D eigenvalue weighted by Gasteiger charge is 2.15. The van der Waals surface area contributed by atoms with Gasteiger partial charge in [0.25, 0.3) is 0 Å². The van der Waals surface area contributed by atoms with Gasteiger partial charge < -0.3 is 5.73 Å². The van der Waals surface area contributed by atoms with Crippen molar-refractivity contribution in [3.05, 3.63) is 49.6 Å². The van der Waals surface area contributed by atoms with Crippen molar-refractivity contribution in [1.29, 1.82) is 0 Å². The Kier molecular flexibility index (Phi) is 3.43. The van der Waals surface area contributed by atoms with Gasteiger partial charge in [-0.05, 0) is 36.1 Å². The minimum atomic E-state index is -0.0808. The second-order valence-corrected chi connectivity index (χ2v) is 5.32. The van der Waals surface area contributed by atoms with Crippen LogP contribution in [0.2, 0.25) is 10.0 Å². The van der Waals surface area contributed by atoms with Crippen LogP contribution in [0.15, 0.2) is 23.6 Å². The predicted molar refractivity (Wildman–Crippen MR) is 73.4 cm³/mol. The number of nitrogens with two attached hydrogens (primary N) is 1. The zero-order chi connectivity index (χ0) is 12.6. The summed E-state index contributed by atoms with van der Waals surface area (Å²) >= 11 is 13.2. The molecule has 1 aromatic carbocycles. The lowest BCUT2D eigenvalue weighted by molar-refractivity contribution is 0.104. The molecule has 0 unspecified atom stereocenters. The Balaban J connectivity index is 2.49. The third kappa shape index (κ3) is 2.32. The van der Waals surface area contributed by atoms with Gasteiger partial charge in [-0.3, -0.25) is 4.79 Å². The first-order valence-electron chi connectivity index (χ1n) is 4.84. The van der Waals surface area contributed by atoms with Crippen LogP contribution in [0.3, 0.4) is 0 Å². The van der Waals surface area contributed by atoms with Gasteiger partial charge in [0.2, 0.25) is 5.78 Å². The van der Waals surface area contributed by atoms with Crippen molar-refractivity contribution in [1.82, 2.24) is 0 Å². The van der Waals surface area contributed by atoms with E-state index in [4.69, 9.17) is 28.9 Å². The Morgan fingerprint density at radius 2 is 2.06 bits per heavy atom. The van der Waals surface area contributed by atoms with E-state index in [-0.39, 0.29) is 10.8 Å². The van der Waals surface area contributed by atoms with Gasteiger partial charge in [0, 0.05) is 5.56 Å². The molecule has 0 aliphatic heterocycles. The molecule has 0 radical (unpaired) electrons. The van der Waals surface area contributed by atoms with Crippen LogP contribution in [0.5, 0.6) is 0 Å². The van der Waals surface area contributed by atoms with Crippen molar-refractivity contribution >= 4 is 46.0 Å². The SMILES string of the molecule is Cc1ccsc1C(=O)c1cc(N)c(Cl)c(Cl)c1. The van der Waals surface area contributed by atoms with E-state index in [9.17, 15) is 4.79 Å². The summed E-state index contributed by atoms with van der Waals surface area (Å²) in [4.78, 5) is 12.9. The Bertz CT molecular complexity index is 569. The molecule has 1 aromatic heterocycles. The Labute approximate surface area is 113 Å². The number of carbonyl (C=O) groups excluding carboxylic acids is 1. The summed E-state index contributed by atoms with van der Waals surface area (Å²) in [5.41, 5.74) is 7.41. The number of rotatable bonds is 2. The average molecular weight is 286 g/mol. The minimum absolute atomic E-state index is 0.0808.